The Morgan fingerprint density at radius 3 is 2.57 bits per heavy atom. The van der Waals surface area contributed by atoms with Gasteiger partial charge in [-0.25, -0.2) is 4.79 Å². The highest BCUT2D eigenvalue weighted by Gasteiger charge is 2.35. The lowest BCUT2D eigenvalue weighted by atomic mass is 10.1. The fraction of sp³-hybridized carbons (Fsp3) is 0.227. The number of aliphatic carboxylic acids is 1. The third-order valence-electron chi connectivity index (χ3n) is 4.27. The largest absolute Gasteiger partial charge is 0.490 e. The summed E-state index contributed by atoms with van der Waals surface area (Å²) in [6.07, 6.45) is 0.576. The zero-order valence-corrected chi connectivity index (χ0v) is 17.3. The van der Waals surface area contributed by atoms with Crippen LogP contribution in [-0.2, 0) is 16.1 Å². The van der Waals surface area contributed by atoms with Gasteiger partial charge in [0, 0.05) is 0 Å². The van der Waals surface area contributed by atoms with Gasteiger partial charge in [-0.05, 0) is 54.9 Å². The molecule has 1 heterocycles. The summed E-state index contributed by atoms with van der Waals surface area (Å²) in [5.74, 6) is -0.788. The van der Waals surface area contributed by atoms with Crippen LogP contribution in [0.25, 0.3) is 6.08 Å². The highest BCUT2D eigenvalue weighted by atomic mass is 32.2. The summed E-state index contributed by atoms with van der Waals surface area (Å²) in [5, 5.41) is 8.72. The van der Waals surface area contributed by atoms with Crippen molar-refractivity contribution < 1.29 is 29.0 Å². The Morgan fingerprint density at radius 2 is 1.90 bits per heavy atom. The maximum atomic E-state index is 12.7. The molecular weight excluding hydrogens is 406 g/mol. The first-order valence-electron chi connectivity index (χ1n) is 9.34. The van der Waals surface area contributed by atoms with E-state index in [9.17, 15) is 14.4 Å². The van der Waals surface area contributed by atoms with E-state index in [-0.39, 0.29) is 17.7 Å². The molecule has 1 atom stereocenters. The molecule has 0 bridgehead atoms. The molecule has 1 unspecified atom stereocenters. The van der Waals surface area contributed by atoms with Crippen molar-refractivity contribution in [3.63, 3.8) is 0 Å². The van der Waals surface area contributed by atoms with E-state index >= 15 is 0 Å². The van der Waals surface area contributed by atoms with Crippen molar-refractivity contribution in [2.45, 2.75) is 26.5 Å². The van der Waals surface area contributed by atoms with Gasteiger partial charge in [0.15, 0.2) is 17.6 Å². The normalized spacial score (nSPS) is 16.1. The first-order valence-corrected chi connectivity index (χ1v) is 10.2. The molecular formula is C22H21NO6S. The minimum atomic E-state index is -1.09. The summed E-state index contributed by atoms with van der Waals surface area (Å²) in [6.45, 7) is 3.79. The van der Waals surface area contributed by atoms with Crippen LogP contribution in [0.3, 0.4) is 0 Å². The van der Waals surface area contributed by atoms with E-state index in [4.69, 9.17) is 14.6 Å². The molecule has 1 N–H and O–H groups in total. The number of benzene rings is 2. The predicted molar refractivity (Wildman–Crippen MR) is 113 cm³/mol. The minimum Gasteiger partial charge on any atom is -0.490 e. The van der Waals surface area contributed by atoms with E-state index < -0.39 is 12.1 Å². The van der Waals surface area contributed by atoms with E-state index in [1.54, 1.807) is 31.2 Å². The Morgan fingerprint density at radius 1 is 1.17 bits per heavy atom. The number of rotatable bonds is 8. The van der Waals surface area contributed by atoms with Gasteiger partial charge in [-0.3, -0.25) is 14.5 Å². The molecule has 30 heavy (non-hydrogen) atoms. The van der Waals surface area contributed by atoms with Crippen molar-refractivity contribution in [2.75, 3.05) is 6.61 Å². The van der Waals surface area contributed by atoms with Gasteiger partial charge in [0.25, 0.3) is 11.1 Å². The molecule has 3 rings (SSSR count). The van der Waals surface area contributed by atoms with Crippen molar-refractivity contribution in [1.82, 2.24) is 4.90 Å². The molecule has 1 aliphatic heterocycles. The molecule has 0 aromatic heterocycles. The first kappa shape index (κ1) is 21.4. The van der Waals surface area contributed by atoms with Gasteiger partial charge in [-0.2, -0.15) is 0 Å². The third-order valence-corrected chi connectivity index (χ3v) is 5.18. The number of hydrogen-bond acceptors (Lipinski definition) is 6. The quantitative estimate of drug-likeness (QED) is 0.632. The van der Waals surface area contributed by atoms with Crippen LogP contribution >= 0.6 is 11.8 Å². The van der Waals surface area contributed by atoms with Gasteiger partial charge in [0.2, 0.25) is 0 Å². The number of hydrogen-bond donors (Lipinski definition) is 1. The summed E-state index contributed by atoms with van der Waals surface area (Å²) in [6, 6.07) is 14.2. The van der Waals surface area contributed by atoms with Crippen molar-refractivity contribution in [3.05, 3.63) is 64.6 Å². The lowest BCUT2D eigenvalue weighted by molar-refractivity contribution is -0.144. The SMILES string of the molecule is CCOc1cc(/C=C2/SC(=O)N(Cc3ccccc3)C2=O)ccc1OC(C)C(=O)O. The molecule has 7 nitrogen and oxygen atoms in total. The average molecular weight is 427 g/mol. The van der Waals surface area contributed by atoms with Gasteiger partial charge in [0.1, 0.15) is 0 Å². The number of carbonyl (C=O) groups is 3. The van der Waals surface area contributed by atoms with Crippen LogP contribution in [0.4, 0.5) is 4.79 Å². The molecule has 0 aliphatic carbocycles. The first-order chi connectivity index (χ1) is 14.4. The van der Waals surface area contributed by atoms with E-state index in [0.717, 1.165) is 17.3 Å². The van der Waals surface area contributed by atoms with Crippen LogP contribution in [0.5, 0.6) is 11.5 Å². The second-order valence-electron chi connectivity index (χ2n) is 6.49. The monoisotopic (exact) mass is 427 g/mol. The Balaban J connectivity index is 1.81. The number of thioether (sulfide) groups is 1. The van der Waals surface area contributed by atoms with Crippen molar-refractivity contribution >= 4 is 35.0 Å². The maximum absolute atomic E-state index is 12.7. The zero-order valence-electron chi connectivity index (χ0n) is 16.5. The molecule has 0 spiro atoms. The average Bonchev–Trinajstić information content (AvgIpc) is 2.98. The highest BCUT2D eigenvalue weighted by Crippen LogP contribution is 2.35. The minimum absolute atomic E-state index is 0.215. The molecule has 156 valence electrons. The van der Waals surface area contributed by atoms with E-state index in [2.05, 4.69) is 0 Å². The van der Waals surface area contributed by atoms with Gasteiger partial charge in [-0.15, -0.1) is 0 Å². The Bertz CT molecular complexity index is 988. The lowest BCUT2D eigenvalue weighted by Crippen LogP contribution is -2.27. The van der Waals surface area contributed by atoms with E-state index in [1.807, 2.05) is 30.3 Å². The van der Waals surface area contributed by atoms with Gasteiger partial charge >= 0.3 is 5.97 Å². The number of nitrogens with zero attached hydrogens (tertiary/aromatic N) is 1. The number of imide groups is 1. The number of ether oxygens (including phenoxy) is 2. The second kappa shape index (κ2) is 9.49. The number of carboxylic acid groups (broad SMARTS) is 1. The smallest absolute Gasteiger partial charge is 0.344 e. The van der Waals surface area contributed by atoms with Crippen molar-refractivity contribution in [1.29, 1.82) is 0 Å². The number of carboxylic acids is 1. The fourth-order valence-electron chi connectivity index (χ4n) is 2.77. The van der Waals surface area contributed by atoms with Crippen LogP contribution in [-0.4, -0.2) is 39.8 Å². The molecule has 1 fully saturated rings. The molecule has 2 aromatic carbocycles. The van der Waals surface area contributed by atoms with Crippen LogP contribution in [0.1, 0.15) is 25.0 Å². The molecule has 2 amide bonds. The third kappa shape index (κ3) is 5.01. The van der Waals surface area contributed by atoms with E-state index in [0.29, 0.717) is 28.6 Å². The van der Waals surface area contributed by atoms with Gasteiger partial charge < -0.3 is 14.6 Å². The number of amides is 2. The summed E-state index contributed by atoms with van der Waals surface area (Å²) in [5.41, 5.74) is 1.51. The van der Waals surface area contributed by atoms with Crippen LogP contribution in [0.15, 0.2) is 53.4 Å². The lowest BCUT2D eigenvalue weighted by Gasteiger charge is -2.15. The topological polar surface area (TPSA) is 93.1 Å². The van der Waals surface area contributed by atoms with Crippen LogP contribution < -0.4 is 9.47 Å². The van der Waals surface area contributed by atoms with Crippen LogP contribution in [0, 0.1) is 0 Å². The molecule has 2 aromatic rings. The summed E-state index contributed by atoms with van der Waals surface area (Å²) in [7, 11) is 0. The van der Waals surface area contributed by atoms with Gasteiger partial charge in [0.05, 0.1) is 18.1 Å². The predicted octanol–water partition coefficient (Wildman–Crippen LogP) is 4.17. The van der Waals surface area contributed by atoms with Crippen molar-refractivity contribution in [2.24, 2.45) is 0 Å². The Hall–Kier alpha value is -3.26. The summed E-state index contributed by atoms with van der Waals surface area (Å²) < 4.78 is 11.0. The summed E-state index contributed by atoms with van der Waals surface area (Å²) >= 11 is 0.883. The fourth-order valence-corrected chi connectivity index (χ4v) is 3.61. The molecule has 8 heteroatoms. The maximum Gasteiger partial charge on any atom is 0.344 e. The summed E-state index contributed by atoms with van der Waals surface area (Å²) in [4.78, 5) is 37.6. The Kier molecular flexibility index (Phi) is 6.79. The molecule has 1 aliphatic rings. The molecule has 1 saturated heterocycles. The number of carbonyl (C=O) groups excluding carboxylic acids is 2. The molecule has 0 saturated carbocycles. The van der Waals surface area contributed by atoms with Crippen molar-refractivity contribution in [3.8, 4) is 11.5 Å². The van der Waals surface area contributed by atoms with E-state index in [1.165, 1.54) is 11.8 Å². The van der Waals surface area contributed by atoms with Gasteiger partial charge in [-0.1, -0.05) is 36.4 Å². The standard InChI is InChI=1S/C22H21NO6S/c1-3-28-18-11-16(9-10-17(18)29-14(2)21(25)26)12-19-20(24)23(22(27)30-19)13-15-7-5-4-6-8-15/h4-12,14H,3,13H2,1-2H3,(H,25,26)/b19-12+. The Labute approximate surface area is 178 Å². The molecule has 0 radical (unpaired) electrons. The van der Waals surface area contributed by atoms with Crippen LogP contribution in [0.2, 0.25) is 0 Å². The second-order valence-corrected chi connectivity index (χ2v) is 7.48. The highest BCUT2D eigenvalue weighted by molar-refractivity contribution is 8.18. The zero-order chi connectivity index (χ0) is 21.7.